The molecule has 15 aromatic rings. The quantitative estimate of drug-likeness (QED) is 0.137. The van der Waals surface area contributed by atoms with E-state index in [1.165, 1.54) is 93.9 Å². The maximum atomic E-state index is 5.42. The number of hydrogen-bond acceptors (Lipinski definition) is 4. The minimum absolute atomic E-state index is 0.0238. The predicted octanol–water partition coefficient (Wildman–Crippen LogP) is 22.8. The highest BCUT2D eigenvalue weighted by Gasteiger charge is 2.38. The number of para-hydroxylation sites is 6. The second-order valence-electron chi connectivity index (χ2n) is 26.0. The Balaban J connectivity index is 0.703. The van der Waals surface area contributed by atoms with E-state index in [9.17, 15) is 0 Å². The Morgan fingerprint density at radius 2 is 0.761 bits per heavy atom. The fourth-order valence-corrected chi connectivity index (χ4v) is 15.7. The first-order chi connectivity index (χ1) is 45.1. The lowest BCUT2D eigenvalue weighted by atomic mass is 9.78. The van der Waals surface area contributed by atoms with Crippen LogP contribution in [0.1, 0.15) is 62.8 Å². The molecule has 0 spiro atoms. The largest absolute Gasteiger partial charge is 0.310 e. The first kappa shape index (κ1) is 53.7. The summed E-state index contributed by atoms with van der Waals surface area (Å²) in [6, 6.07) is 102. The van der Waals surface area contributed by atoms with E-state index in [1.54, 1.807) is 5.57 Å². The maximum absolute atomic E-state index is 5.42. The van der Waals surface area contributed by atoms with Gasteiger partial charge in [0.05, 0.1) is 44.5 Å². The molecule has 0 unspecified atom stereocenters. The van der Waals surface area contributed by atoms with Crippen molar-refractivity contribution in [2.45, 2.75) is 51.4 Å². The second-order valence-corrected chi connectivity index (χ2v) is 26.0. The molecule has 3 aliphatic carbocycles. The normalized spacial score (nSPS) is 14.3. The number of allylic oxidation sites excluding steroid dienone is 4. The molecule has 0 amide bonds. The molecule has 0 radical (unpaired) electrons. The number of benzene rings is 12. The van der Waals surface area contributed by atoms with Gasteiger partial charge in [-0.05, 0) is 185 Å². The van der Waals surface area contributed by atoms with Crippen molar-refractivity contribution < 1.29 is 0 Å². The SMILES string of the molecule is CC1(C)C2=C(C=CCC2)c2ccc(-n3c4ccccc4c4cc(N(c5ccccc5)c5ccc(-c6nc7ccccc7nc6-c6ccc(N(c7ccccc7)c7ccc8c(c7)c7ccccc7n8-c7ccc8c(c7)C(C)(C)c7ccccc7-8)cc6)cc5)ccc43)cc21. The highest BCUT2D eigenvalue weighted by atomic mass is 15.1. The molecule has 6 nitrogen and oxygen atoms in total. The van der Waals surface area contributed by atoms with Crippen LogP contribution >= 0.6 is 0 Å². The second kappa shape index (κ2) is 20.6. The van der Waals surface area contributed by atoms with Crippen LogP contribution in [-0.4, -0.2) is 19.1 Å². The third-order valence-electron chi connectivity index (χ3n) is 20.2. The van der Waals surface area contributed by atoms with E-state index in [-0.39, 0.29) is 10.8 Å². The molecule has 18 rings (SSSR count). The highest BCUT2D eigenvalue weighted by molar-refractivity contribution is 6.12. The summed E-state index contributed by atoms with van der Waals surface area (Å²) in [5.74, 6) is 0. The summed E-state index contributed by atoms with van der Waals surface area (Å²) in [6.45, 7) is 9.53. The van der Waals surface area contributed by atoms with Gasteiger partial charge >= 0.3 is 0 Å². The van der Waals surface area contributed by atoms with Gasteiger partial charge in [-0.3, -0.25) is 0 Å². The fraction of sp³-hybridized carbons (Fsp3) is 0.0930. The molecule has 0 fully saturated rings. The monoisotopic (exact) mass is 1180 g/mol. The summed E-state index contributed by atoms with van der Waals surface area (Å²) >= 11 is 0. The summed E-state index contributed by atoms with van der Waals surface area (Å²) in [5.41, 5.74) is 29.7. The Kier molecular flexibility index (Phi) is 12.0. The maximum Gasteiger partial charge on any atom is 0.0973 e. The average molecular weight is 1180 g/mol. The highest BCUT2D eigenvalue weighted by Crippen LogP contribution is 2.53. The Hall–Kier alpha value is -11.3. The Bertz CT molecular complexity index is 5570. The topological polar surface area (TPSA) is 42.1 Å². The molecule has 92 heavy (non-hydrogen) atoms. The standard InChI is InChI=1S/C86H64N6/c1-85(2)73-29-15-11-25-65(73)67-47-43-63(53-75(67)85)91-79-33-19-13-27-69(79)71-51-61(45-49-81(71)91)89(57-21-7-5-8-22-57)59-39-35-55(36-40-59)83-84(88-78-32-18-17-31-77(78)87-83)56-37-41-60(42-38-56)90(58-23-9-6-10-24-58)62-46-50-82-72(52-62)70-28-14-20-34-80(70)92(82)64-44-48-68-66-26-12-16-30-74(66)86(3,4)76(68)54-64/h5-15,17-29,31-54H,16,30H2,1-4H3. The lowest BCUT2D eigenvalue weighted by molar-refractivity contribution is 0.607. The molecule has 12 aromatic carbocycles. The van der Waals surface area contributed by atoms with Gasteiger partial charge in [0.2, 0.25) is 0 Å². The molecule has 0 bridgehead atoms. The molecule has 3 heterocycles. The van der Waals surface area contributed by atoms with E-state index in [2.05, 4.69) is 326 Å². The van der Waals surface area contributed by atoms with Gasteiger partial charge in [-0.25, -0.2) is 9.97 Å². The van der Waals surface area contributed by atoms with Gasteiger partial charge in [0, 0.05) is 89.0 Å². The number of nitrogens with zero attached hydrogens (tertiary/aromatic N) is 6. The van der Waals surface area contributed by atoms with Crippen molar-refractivity contribution in [1.29, 1.82) is 0 Å². The Morgan fingerprint density at radius 3 is 1.30 bits per heavy atom. The minimum atomic E-state index is -0.110. The summed E-state index contributed by atoms with van der Waals surface area (Å²) in [5, 5.41) is 4.84. The number of hydrogen-bond donors (Lipinski definition) is 0. The summed E-state index contributed by atoms with van der Waals surface area (Å²) in [4.78, 5) is 15.6. The van der Waals surface area contributed by atoms with Crippen molar-refractivity contribution in [3.05, 3.63) is 319 Å². The zero-order chi connectivity index (χ0) is 61.4. The van der Waals surface area contributed by atoms with Crippen LogP contribution in [0.3, 0.4) is 0 Å². The lowest BCUT2D eigenvalue weighted by Crippen LogP contribution is -2.18. The summed E-state index contributed by atoms with van der Waals surface area (Å²) in [6.07, 6.45) is 6.91. The number of fused-ring (bicyclic) bond motifs is 12. The van der Waals surface area contributed by atoms with Crippen LogP contribution in [-0.2, 0) is 10.8 Å². The number of aromatic nitrogens is 4. The van der Waals surface area contributed by atoms with Crippen molar-refractivity contribution in [2.75, 3.05) is 9.80 Å². The van der Waals surface area contributed by atoms with Crippen LogP contribution in [0.15, 0.2) is 297 Å². The van der Waals surface area contributed by atoms with E-state index < -0.39 is 0 Å². The zero-order valence-corrected chi connectivity index (χ0v) is 51.8. The Labute approximate surface area is 535 Å². The summed E-state index contributed by atoms with van der Waals surface area (Å²) in [7, 11) is 0. The van der Waals surface area contributed by atoms with Gasteiger partial charge in [-0.2, -0.15) is 0 Å². The molecule has 3 aliphatic rings. The van der Waals surface area contributed by atoms with Gasteiger partial charge < -0.3 is 18.9 Å². The summed E-state index contributed by atoms with van der Waals surface area (Å²) < 4.78 is 4.91. The molecule has 0 aliphatic heterocycles. The van der Waals surface area contributed by atoms with Crippen molar-refractivity contribution in [3.63, 3.8) is 0 Å². The van der Waals surface area contributed by atoms with E-state index in [0.717, 1.165) is 80.5 Å². The van der Waals surface area contributed by atoms with Gasteiger partial charge in [0.1, 0.15) is 0 Å². The lowest BCUT2D eigenvalue weighted by Gasteiger charge is -2.26. The van der Waals surface area contributed by atoms with E-state index in [0.29, 0.717) is 0 Å². The molecular weight excluding hydrogens is 1120 g/mol. The van der Waals surface area contributed by atoms with Crippen LogP contribution in [0.5, 0.6) is 0 Å². The van der Waals surface area contributed by atoms with Crippen LogP contribution in [0.25, 0.3) is 105 Å². The van der Waals surface area contributed by atoms with E-state index in [4.69, 9.17) is 9.97 Å². The van der Waals surface area contributed by atoms with E-state index in [1.807, 2.05) is 12.1 Å². The van der Waals surface area contributed by atoms with Crippen molar-refractivity contribution in [1.82, 2.24) is 19.1 Å². The van der Waals surface area contributed by atoms with Crippen molar-refractivity contribution in [2.24, 2.45) is 0 Å². The average Bonchev–Trinajstić information content (AvgIpc) is 1.59. The van der Waals surface area contributed by atoms with Crippen molar-refractivity contribution >= 4 is 94.3 Å². The molecule has 0 N–H and O–H groups in total. The van der Waals surface area contributed by atoms with Gasteiger partial charge in [-0.15, -0.1) is 0 Å². The smallest absolute Gasteiger partial charge is 0.0973 e. The van der Waals surface area contributed by atoms with Crippen molar-refractivity contribution in [3.8, 4) is 45.0 Å². The van der Waals surface area contributed by atoms with Gasteiger partial charge in [-0.1, -0.05) is 191 Å². The third kappa shape index (κ3) is 8.26. The predicted molar refractivity (Wildman–Crippen MR) is 384 cm³/mol. The van der Waals surface area contributed by atoms with E-state index >= 15 is 0 Å². The first-order valence-corrected chi connectivity index (χ1v) is 32.2. The Morgan fingerprint density at radius 1 is 0.337 bits per heavy atom. The molecule has 6 heteroatoms. The molecule has 0 saturated heterocycles. The fourth-order valence-electron chi connectivity index (χ4n) is 15.7. The van der Waals surface area contributed by atoms with Gasteiger partial charge in [0.15, 0.2) is 0 Å². The molecule has 0 saturated carbocycles. The van der Waals surface area contributed by atoms with Crippen LogP contribution in [0.4, 0.5) is 34.1 Å². The third-order valence-corrected chi connectivity index (χ3v) is 20.2. The molecule has 438 valence electrons. The first-order valence-electron chi connectivity index (χ1n) is 32.2. The molecule has 0 atom stereocenters. The number of anilines is 6. The van der Waals surface area contributed by atoms with Crippen LogP contribution < -0.4 is 9.80 Å². The number of rotatable bonds is 10. The zero-order valence-electron chi connectivity index (χ0n) is 51.8. The molecular formula is C86H64N6. The minimum Gasteiger partial charge on any atom is -0.310 e. The van der Waals surface area contributed by atoms with Crippen LogP contribution in [0.2, 0.25) is 0 Å². The molecule has 3 aromatic heterocycles. The van der Waals surface area contributed by atoms with Crippen LogP contribution in [0, 0.1) is 0 Å². The van der Waals surface area contributed by atoms with Gasteiger partial charge in [0.25, 0.3) is 0 Å².